The summed E-state index contributed by atoms with van der Waals surface area (Å²) in [6.45, 7) is 3.18. The lowest BCUT2D eigenvalue weighted by Crippen LogP contribution is -2.42. The summed E-state index contributed by atoms with van der Waals surface area (Å²) in [4.78, 5) is 33.3. The predicted octanol–water partition coefficient (Wildman–Crippen LogP) is -0.528. The molecule has 0 bridgehead atoms. The zero-order chi connectivity index (χ0) is 14.0. The predicted molar refractivity (Wildman–Crippen MR) is 63.4 cm³/mol. The van der Waals surface area contributed by atoms with Gasteiger partial charge in [0.25, 0.3) is 0 Å². The molecule has 1 atom stereocenters. The third-order valence-electron chi connectivity index (χ3n) is 2.65. The Morgan fingerprint density at radius 1 is 1.44 bits per heavy atom. The van der Waals surface area contributed by atoms with Crippen LogP contribution < -0.4 is 11.2 Å². The quantitative estimate of drug-likeness (QED) is 0.576. The number of rotatable bonds is 4. The molecular formula is C10H15N3O5. The van der Waals surface area contributed by atoms with Gasteiger partial charge in [0.1, 0.15) is 0 Å². The van der Waals surface area contributed by atoms with Crippen molar-refractivity contribution in [1.29, 1.82) is 0 Å². The van der Waals surface area contributed by atoms with Crippen molar-refractivity contribution in [1.82, 2.24) is 9.13 Å². The number of hydrogen-bond donors (Lipinski definition) is 1. The molecule has 0 aromatic carbocycles. The summed E-state index contributed by atoms with van der Waals surface area (Å²) in [5.74, 6) is -0.166. The number of aromatic nitrogens is 2. The number of nitro groups is 1. The molecule has 1 N–H and O–H groups in total. The lowest BCUT2D eigenvalue weighted by atomic mass is 10.1. The fourth-order valence-electron chi connectivity index (χ4n) is 1.39. The average Bonchev–Trinajstić information content (AvgIpc) is 2.28. The lowest BCUT2D eigenvalue weighted by Gasteiger charge is -2.15. The van der Waals surface area contributed by atoms with E-state index in [0.29, 0.717) is 4.57 Å². The van der Waals surface area contributed by atoms with E-state index in [9.17, 15) is 24.8 Å². The van der Waals surface area contributed by atoms with Gasteiger partial charge in [-0.15, -0.1) is 0 Å². The van der Waals surface area contributed by atoms with Crippen molar-refractivity contribution in [2.24, 2.45) is 13.0 Å². The molecule has 0 saturated heterocycles. The molecule has 0 radical (unpaired) electrons. The zero-order valence-electron chi connectivity index (χ0n) is 10.4. The number of aliphatic hydroxyl groups is 1. The minimum atomic E-state index is -0.997. The molecule has 1 rings (SSSR count). The van der Waals surface area contributed by atoms with Crippen LogP contribution in [0.1, 0.15) is 13.8 Å². The van der Waals surface area contributed by atoms with Gasteiger partial charge in [0.05, 0.1) is 23.8 Å². The second-order valence-corrected chi connectivity index (χ2v) is 4.39. The maximum atomic E-state index is 11.7. The molecule has 0 fully saturated rings. The van der Waals surface area contributed by atoms with Crippen molar-refractivity contribution in [3.63, 3.8) is 0 Å². The van der Waals surface area contributed by atoms with Gasteiger partial charge in [-0.3, -0.25) is 24.0 Å². The number of aryl methyl sites for hydroxylation is 1. The molecule has 0 saturated carbocycles. The molecule has 1 heterocycles. The summed E-state index contributed by atoms with van der Waals surface area (Å²) >= 11 is 0. The van der Waals surface area contributed by atoms with E-state index in [2.05, 4.69) is 0 Å². The zero-order valence-corrected chi connectivity index (χ0v) is 10.4. The molecule has 100 valence electrons. The fraction of sp³-hybridized carbons (Fsp3) is 0.600. The molecule has 0 spiro atoms. The fourth-order valence-corrected chi connectivity index (χ4v) is 1.39. The lowest BCUT2D eigenvalue weighted by molar-refractivity contribution is -0.387. The Bertz CT molecular complexity index is 572. The van der Waals surface area contributed by atoms with E-state index >= 15 is 0 Å². The Labute approximate surface area is 102 Å². The van der Waals surface area contributed by atoms with Crippen LogP contribution in [0.4, 0.5) is 5.69 Å². The van der Waals surface area contributed by atoms with Crippen LogP contribution in [0.3, 0.4) is 0 Å². The highest BCUT2D eigenvalue weighted by Gasteiger charge is 2.21. The van der Waals surface area contributed by atoms with E-state index in [1.807, 2.05) is 0 Å². The molecule has 8 nitrogen and oxygen atoms in total. The first-order valence-electron chi connectivity index (χ1n) is 5.38. The molecule has 0 aliphatic heterocycles. The Morgan fingerprint density at radius 3 is 2.44 bits per heavy atom. The Balaban J connectivity index is 3.39. The molecular weight excluding hydrogens is 242 g/mol. The number of aliphatic hydroxyl groups excluding tert-OH is 1. The highest BCUT2D eigenvalue weighted by molar-refractivity contribution is 5.21. The summed E-state index contributed by atoms with van der Waals surface area (Å²) in [6.07, 6.45) is -0.0412. The standard InChI is InChI=1S/C10H15N3O5/c1-6(2)8(14)5-12-9(15)7(13(17)18)4-11(3)10(12)16/h4,6,8,14H,5H2,1-3H3. The third kappa shape index (κ3) is 2.65. The molecule has 1 unspecified atom stereocenters. The normalized spacial score (nSPS) is 12.7. The van der Waals surface area contributed by atoms with Crippen LogP contribution in [-0.4, -0.2) is 25.3 Å². The Morgan fingerprint density at radius 2 is 2.00 bits per heavy atom. The van der Waals surface area contributed by atoms with Crippen molar-refractivity contribution >= 4 is 5.69 Å². The van der Waals surface area contributed by atoms with Gasteiger partial charge in [0.2, 0.25) is 0 Å². The van der Waals surface area contributed by atoms with E-state index < -0.39 is 28.0 Å². The van der Waals surface area contributed by atoms with Gasteiger partial charge in [-0.05, 0) is 5.92 Å². The van der Waals surface area contributed by atoms with Gasteiger partial charge in [0, 0.05) is 7.05 Å². The Hall–Kier alpha value is -1.96. The van der Waals surface area contributed by atoms with Gasteiger partial charge < -0.3 is 5.11 Å². The summed E-state index contributed by atoms with van der Waals surface area (Å²) in [5, 5.41) is 20.3. The first kappa shape index (κ1) is 14.1. The van der Waals surface area contributed by atoms with Crippen molar-refractivity contribution < 1.29 is 10.0 Å². The Kier molecular flexibility index (Phi) is 4.02. The average molecular weight is 257 g/mol. The van der Waals surface area contributed by atoms with Crippen LogP contribution in [0.2, 0.25) is 0 Å². The van der Waals surface area contributed by atoms with Crippen LogP contribution >= 0.6 is 0 Å². The third-order valence-corrected chi connectivity index (χ3v) is 2.65. The van der Waals surface area contributed by atoms with E-state index in [1.54, 1.807) is 13.8 Å². The number of nitrogens with zero attached hydrogens (tertiary/aromatic N) is 3. The molecule has 0 aliphatic rings. The minimum absolute atomic E-state index is 0.166. The van der Waals surface area contributed by atoms with Crippen LogP contribution in [0.15, 0.2) is 15.8 Å². The molecule has 0 amide bonds. The van der Waals surface area contributed by atoms with Gasteiger partial charge in [-0.25, -0.2) is 4.79 Å². The second-order valence-electron chi connectivity index (χ2n) is 4.39. The van der Waals surface area contributed by atoms with Crippen molar-refractivity contribution in [3.05, 3.63) is 37.1 Å². The maximum absolute atomic E-state index is 11.7. The van der Waals surface area contributed by atoms with Gasteiger partial charge in [0.15, 0.2) is 0 Å². The summed E-state index contributed by atoms with van der Waals surface area (Å²) in [7, 11) is 1.31. The highest BCUT2D eigenvalue weighted by Crippen LogP contribution is 2.04. The SMILES string of the molecule is CC(C)C(O)Cn1c(=O)c([N+](=O)[O-])cn(C)c1=O. The first-order valence-corrected chi connectivity index (χ1v) is 5.38. The van der Waals surface area contributed by atoms with Gasteiger partial charge in [-0.2, -0.15) is 0 Å². The minimum Gasteiger partial charge on any atom is -0.391 e. The summed E-state index contributed by atoms with van der Waals surface area (Å²) < 4.78 is 1.63. The first-order chi connectivity index (χ1) is 8.25. The smallest absolute Gasteiger partial charge is 0.350 e. The van der Waals surface area contributed by atoms with Crippen molar-refractivity contribution in [2.75, 3.05) is 0 Å². The summed E-state index contributed by atoms with van der Waals surface area (Å²) in [6, 6.07) is 0. The molecule has 1 aromatic rings. The molecule has 0 aliphatic carbocycles. The molecule has 8 heteroatoms. The highest BCUT2D eigenvalue weighted by atomic mass is 16.6. The van der Waals surface area contributed by atoms with E-state index in [1.165, 1.54) is 7.05 Å². The maximum Gasteiger partial charge on any atom is 0.350 e. The van der Waals surface area contributed by atoms with Crippen LogP contribution in [0.25, 0.3) is 0 Å². The van der Waals surface area contributed by atoms with E-state index in [0.717, 1.165) is 10.8 Å². The number of hydrogen-bond acceptors (Lipinski definition) is 5. The van der Waals surface area contributed by atoms with Crippen molar-refractivity contribution in [2.45, 2.75) is 26.5 Å². The van der Waals surface area contributed by atoms with Gasteiger partial charge in [-0.1, -0.05) is 13.8 Å². The molecule has 18 heavy (non-hydrogen) atoms. The summed E-state index contributed by atoms with van der Waals surface area (Å²) in [5.41, 5.74) is -2.37. The topological polar surface area (TPSA) is 107 Å². The molecule has 1 aromatic heterocycles. The largest absolute Gasteiger partial charge is 0.391 e. The van der Waals surface area contributed by atoms with Crippen LogP contribution in [-0.2, 0) is 13.6 Å². The van der Waals surface area contributed by atoms with E-state index in [-0.39, 0.29) is 12.5 Å². The van der Waals surface area contributed by atoms with E-state index in [4.69, 9.17) is 0 Å². The second kappa shape index (κ2) is 5.13. The van der Waals surface area contributed by atoms with Crippen molar-refractivity contribution in [3.8, 4) is 0 Å². The van der Waals surface area contributed by atoms with Crippen LogP contribution in [0, 0.1) is 16.0 Å². The van der Waals surface area contributed by atoms with Crippen LogP contribution in [0.5, 0.6) is 0 Å². The van der Waals surface area contributed by atoms with Gasteiger partial charge >= 0.3 is 16.9 Å². The monoisotopic (exact) mass is 257 g/mol.